The molecule has 0 saturated carbocycles. The first-order valence-corrected chi connectivity index (χ1v) is 7.58. The molecule has 2 heterocycles. The Morgan fingerprint density at radius 2 is 2.15 bits per heavy atom. The summed E-state index contributed by atoms with van der Waals surface area (Å²) in [5.41, 5.74) is 5.16. The van der Waals surface area contributed by atoms with Crippen molar-refractivity contribution in [2.75, 3.05) is 0 Å². The Hall–Kier alpha value is -1.75. The number of aromatic nitrogens is 1. The molecule has 1 aromatic carbocycles. The van der Waals surface area contributed by atoms with Crippen LogP contribution in [0.15, 0.2) is 54.0 Å². The van der Waals surface area contributed by atoms with Gasteiger partial charge in [-0.3, -0.25) is 16.3 Å². The predicted octanol–water partition coefficient (Wildman–Crippen LogP) is 3.43. The van der Waals surface area contributed by atoms with Crippen LogP contribution in [0.1, 0.15) is 22.9 Å². The van der Waals surface area contributed by atoms with Gasteiger partial charge in [0, 0.05) is 22.5 Å². The smallest absolute Gasteiger partial charge is 0.0702 e. The van der Waals surface area contributed by atoms with Gasteiger partial charge in [0.05, 0.1) is 5.52 Å². The van der Waals surface area contributed by atoms with Crippen molar-refractivity contribution in [2.24, 2.45) is 5.84 Å². The minimum atomic E-state index is 0.168. The van der Waals surface area contributed by atoms with Gasteiger partial charge in [-0.25, -0.2) is 0 Å². The Morgan fingerprint density at radius 1 is 1.20 bits per heavy atom. The summed E-state index contributed by atoms with van der Waals surface area (Å²) < 4.78 is 0. The van der Waals surface area contributed by atoms with E-state index in [0.717, 1.165) is 23.7 Å². The molecule has 0 bridgehead atoms. The number of thiophene rings is 1. The first kappa shape index (κ1) is 13.2. The van der Waals surface area contributed by atoms with Crippen molar-refractivity contribution in [1.82, 2.24) is 10.4 Å². The first-order chi connectivity index (χ1) is 9.86. The third-order valence-electron chi connectivity index (χ3n) is 3.49. The van der Waals surface area contributed by atoms with Crippen LogP contribution in [0, 0.1) is 0 Å². The van der Waals surface area contributed by atoms with Gasteiger partial charge in [-0.2, -0.15) is 0 Å². The standard InChI is InChI=1S/C16H17N3S/c17-19-16(8-6-14-4-2-10-20-14)13-5-7-15-12(11-13)3-1-9-18-15/h1-5,7,9-11,16,19H,6,8,17H2. The van der Waals surface area contributed by atoms with Crippen LogP contribution < -0.4 is 11.3 Å². The summed E-state index contributed by atoms with van der Waals surface area (Å²) in [6, 6.07) is 14.8. The lowest BCUT2D eigenvalue weighted by atomic mass is 10.0. The second-order valence-corrected chi connectivity index (χ2v) is 5.83. The molecule has 20 heavy (non-hydrogen) atoms. The lowest BCUT2D eigenvalue weighted by Gasteiger charge is -2.16. The maximum atomic E-state index is 5.73. The number of benzene rings is 1. The largest absolute Gasteiger partial charge is 0.271 e. The van der Waals surface area contributed by atoms with Gasteiger partial charge in [0.15, 0.2) is 0 Å². The van der Waals surface area contributed by atoms with Crippen molar-refractivity contribution in [3.63, 3.8) is 0 Å². The quantitative estimate of drug-likeness (QED) is 0.557. The number of hydrogen-bond acceptors (Lipinski definition) is 4. The van der Waals surface area contributed by atoms with Crippen molar-refractivity contribution >= 4 is 22.2 Å². The van der Waals surface area contributed by atoms with Gasteiger partial charge in [0.2, 0.25) is 0 Å². The predicted molar refractivity (Wildman–Crippen MR) is 84.4 cm³/mol. The molecular weight excluding hydrogens is 266 g/mol. The van der Waals surface area contributed by atoms with Gasteiger partial charge in [0.25, 0.3) is 0 Å². The molecule has 0 fully saturated rings. The Morgan fingerprint density at radius 3 is 2.95 bits per heavy atom. The number of nitrogens with two attached hydrogens (primary N) is 1. The van der Waals surface area contributed by atoms with Crippen molar-refractivity contribution in [3.8, 4) is 0 Å². The summed E-state index contributed by atoms with van der Waals surface area (Å²) in [6.45, 7) is 0. The number of nitrogens with one attached hydrogen (secondary N) is 1. The van der Waals surface area contributed by atoms with Gasteiger partial charge < -0.3 is 0 Å². The molecule has 4 heteroatoms. The number of aryl methyl sites for hydroxylation is 1. The third kappa shape index (κ3) is 2.88. The molecule has 0 aliphatic heterocycles. The lowest BCUT2D eigenvalue weighted by Crippen LogP contribution is -2.28. The van der Waals surface area contributed by atoms with Crippen LogP contribution in [0.4, 0.5) is 0 Å². The molecule has 0 aliphatic carbocycles. The van der Waals surface area contributed by atoms with Crippen molar-refractivity contribution in [1.29, 1.82) is 0 Å². The van der Waals surface area contributed by atoms with Gasteiger partial charge in [-0.15, -0.1) is 11.3 Å². The average molecular weight is 283 g/mol. The Labute approximate surface area is 122 Å². The maximum Gasteiger partial charge on any atom is 0.0702 e. The van der Waals surface area contributed by atoms with E-state index in [1.807, 2.05) is 12.3 Å². The summed E-state index contributed by atoms with van der Waals surface area (Å²) in [6.07, 6.45) is 3.85. The van der Waals surface area contributed by atoms with E-state index in [4.69, 9.17) is 5.84 Å². The molecule has 3 rings (SSSR count). The fourth-order valence-electron chi connectivity index (χ4n) is 2.40. The normalized spacial score (nSPS) is 12.7. The van der Waals surface area contributed by atoms with E-state index < -0.39 is 0 Å². The molecule has 1 atom stereocenters. The van der Waals surface area contributed by atoms with Crippen LogP contribution in [0.25, 0.3) is 10.9 Å². The number of fused-ring (bicyclic) bond motifs is 1. The summed E-state index contributed by atoms with van der Waals surface area (Å²) in [4.78, 5) is 5.74. The maximum absolute atomic E-state index is 5.73. The van der Waals surface area contributed by atoms with Gasteiger partial charge in [-0.1, -0.05) is 18.2 Å². The lowest BCUT2D eigenvalue weighted by molar-refractivity contribution is 0.518. The van der Waals surface area contributed by atoms with Crippen LogP contribution in [-0.2, 0) is 6.42 Å². The van der Waals surface area contributed by atoms with Crippen molar-refractivity contribution < 1.29 is 0 Å². The van der Waals surface area contributed by atoms with Crippen LogP contribution in [-0.4, -0.2) is 4.98 Å². The van der Waals surface area contributed by atoms with Crippen LogP contribution >= 0.6 is 11.3 Å². The topological polar surface area (TPSA) is 50.9 Å². The van der Waals surface area contributed by atoms with Gasteiger partial charge in [-0.05, 0) is 48.1 Å². The monoisotopic (exact) mass is 283 g/mol. The average Bonchev–Trinajstić information content (AvgIpc) is 3.01. The number of hydrogen-bond donors (Lipinski definition) is 2. The molecule has 3 nitrogen and oxygen atoms in total. The minimum Gasteiger partial charge on any atom is -0.271 e. The highest BCUT2D eigenvalue weighted by Crippen LogP contribution is 2.23. The van der Waals surface area contributed by atoms with E-state index >= 15 is 0 Å². The number of pyridine rings is 1. The summed E-state index contributed by atoms with van der Waals surface area (Å²) in [7, 11) is 0. The number of rotatable bonds is 5. The molecule has 0 aliphatic rings. The van der Waals surface area contributed by atoms with Gasteiger partial charge in [0.1, 0.15) is 0 Å². The Bertz CT molecular complexity index is 679. The number of nitrogens with zero attached hydrogens (tertiary/aromatic N) is 1. The molecule has 0 spiro atoms. The van der Waals surface area contributed by atoms with E-state index in [2.05, 4.69) is 52.2 Å². The molecule has 0 saturated heterocycles. The zero-order valence-electron chi connectivity index (χ0n) is 11.1. The van der Waals surface area contributed by atoms with Crippen LogP contribution in [0.3, 0.4) is 0 Å². The van der Waals surface area contributed by atoms with Crippen LogP contribution in [0.5, 0.6) is 0 Å². The first-order valence-electron chi connectivity index (χ1n) is 6.70. The van der Waals surface area contributed by atoms with Crippen LogP contribution in [0.2, 0.25) is 0 Å². The second kappa shape index (κ2) is 6.13. The van der Waals surface area contributed by atoms with E-state index in [1.54, 1.807) is 11.3 Å². The highest BCUT2D eigenvalue weighted by molar-refractivity contribution is 7.09. The summed E-state index contributed by atoms with van der Waals surface area (Å²) >= 11 is 1.79. The fourth-order valence-corrected chi connectivity index (χ4v) is 3.12. The van der Waals surface area contributed by atoms with E-state index in [0.29, 0.717) is 0 Å². The zero-order valence-corrected chi connectivity index (χ0v) is 11.9. The van der Waals surface area contributed by atoms with Crippen molar-refractivity contribution in [2.45, 2.75) is 18.9 Å². The van der Waals surface area contributed by atoms with Gasteiger partial charge >= 0.3 is 0 Å². The Balaban J connectivity index is 1.79. The molecule has 1 unspecified atom stereocenters. The molecule has 102 valence electrons. The Kier molecular flexibility index (Phi) is 4.06. The highest BCUT2D eigenvalue weighted by Gasteiger charge is 2.10. The van der Waals surface area contributed by atoms with Crippen molar-refractivity contribution in [3.05, 3.63) is 64.5 Å². The fraction of sp³-hybridized carbons (Fsp3) is 0.188. The SMILES string of the molecule is NNC(CCc1cccs1)c1ccc2ncccc2c1. The zero-order chi connectivity index (χ0) is 13.8. The molecular formula is C16H17N3S. The van der Waals surface area contributed by atoms with E-state index in [1.165, 1.54) is 10.4 Å². The molecule has 0 amide bonds. The molecule has 3 N–H and O–H groups in total. The minimum absolute atomic E-state index is 0.168. The van der Waals surface area contributed by atoms with E-state index in [9.17, 15) is 0 Å². The molecule has 3 aromatic rings. The third-order valence-corrected chi connectivity index (χ3v) is 4.43. The summed E-state index contributed by atoms with van der Waals surface area (Å²) in [5.74, 6) is 5.73. The molecule has 0 radical (unpaired) electrons. The summed E-state index contributed by atoms with van der Waals surface area (Å²) in [5, 5.41) is 3.27. The second-order valence-electron chi connectivity index (χ2n) is 4.79. The highest BCUT2D eigenvalue weighted by atomic mass is 32.1. The molecule has 2 aromatic heterocycles. The number of hydrazine groups is 1. The van der Waals surface area contributed by atoms with E-state index in [-0.39, 0.29) is 6.04 Å².